The number of aromatic nitrogens is 3. The van der Waals surface area contributed by atoms with Gasteiger partial charge in [-0.25, -0.2) is 4.98 Å². The second-order valence-electron chi connectivity index (χ2n) is 10.5. The maximum atomic E-state index is 13.1. The summed E-state index contributed by atoms with van der Waals surface area (Å²) >= 11 is 1.07. The van der Waals surface area contributed by atoms with Gasteiger partial charge in [0.1, 0.15) is 29.8 Å². The van der Waals surface area contributed by atoms with E-state index in [9.17, 15) is 18.0 Å². The molecule has 1 saturated heterocycles. The number of ether oxygens (including phenoxy) is 1. The minimum absolute atomic E-state index is 0.0352. The van der Waals surface area contributed by atoms with Gasteiger partial charge >= 0.3 is 10.4 Å². The van der Waals surface area contributed by atoms with Crippen molar-refractivity contribution in [3.05, 3.63) is 53.2 Å². The van der Waals surface area contributed by atoms with Crippen LogP contribution in [0, 0.1) is 0 Å². The van der Waals surface area contributed by atoms with Gasteiger partial charge in [-0.05, 0) is 75.1 Å². The second-order valence-corrected chi connectivity index (χ2v) is 12.4. The molecule has 1 fully saturated rings. The molecule has 0 unspecified atom stereocenters. The molecule has 0 aliphatic carbocycles. The van der Waals surface area contributed by atoms with Crippen LogP contribution in [0.25, 0.3) is 11.3 Å². The Hall–Kier alpha value is -4.23. The van der Waals surface area contributed by atoms with Crippen molar-refractivity contribution in [1.82, 2.24) is 20.5 Å². The number of carbonyl (C=O) groups is 2. The number of carbonyl (C=O) groups excluding carboxylic acids is 2. The summed E-state index contributed by atoms with van der Waals surface area (Å²) in [6.45, 7) is 3.59. The molecule has 0 bridgehead atoms. The third kappa shape index (κ3) is 8.49. The van der Waals surface area contributed by atoms with Gasteiger partial charge in [0, 0.05) is 17.0 Å². The molecular weight excluding hydrogens is 628 g/mol. The van der Waals surface area contributed by atoms with Crippen LogP contribution < -0.4 is 26.2 Å². The van der Waals surface area contributed by atoms with Crippen LogP contribution in [0.4, 0.5) is 5.13 Å². The van der Waals surface area contributed by atoms with Crippen molar-refractivity contribution in [2.45, 2.75) is 44.7 Å². The van der Waals surface area contributed by atoms with Gasteiger partial charge in [-0.2, -0.15) is 13.5 Å². The van der Waals surface area contributed by atoms with Crippen LogP contribution in [0.3, 0.4) is 0 Å². The summed E-state index contributed by atoms with van der Waals surface area (Å²) in [4.78, 5) is 34.9. The maximum absolute atomic E-state index is 13.1. The van der Waals surface area contributed by atoms with E-state index in [1.54, 1.807) is 0 Å². The fourth-order valence-electron chi connectivity index (χ4n) is 4.48. The summed E-state index contributed by atoms with van der Waals surface area (Å²) in [5, 5.41) is 13.1. The highest BCUT2D eigenvalue weighted by atomic mass is 32.3. The Morgan fingerprint density at radius 1 is 1.20 bits per heavy atom. The van der Waals surface area contributed by atoms with Crippen LogP contribution in [0.5, 0.6) is 5.75 Å². The van der Waals surface area contributed by atoms with E-state index in [1.165, 1.54) is 19.2 Å². The van der Waals surface area contributed by atoms with Crippen LogP contribution in [0.2, 0.25) is 0 Å². The molecule has 1 aliphatic rings. The van der Waals surface area contributed by atoms with Crippen molar-refractivity contribution in [3.63, 3.8) is 0 Å². The fourth-order valence-corrected chi connectivity index (χ4v) is 5.48. The summed E-state index contributed by atoms with van der Waals surface area (Å²) in [5.74, 6) is -1.14. The lowest BCUT2D eigenvalue weighted by Crippen LogP contribution is -2.76. The first-order chi connectivity index (χ1) is 21.3. The number of oxime groups is 1. The third-order valence-corrected chi connectivity index (χ3v) is 7.81. The summed E-state index contributed by atoms with van der Waals surface area (Å²) < 4.78 is 42.9. The quantitative estimate of drug-likeness (QED) is 0.0436. The molecule has 4 rings (SSSR count). The number of amides is 2. The van der Waals surface area contributed by atoms with Gasteiger partial charge in [0.2, 0.25) is 5.69 Å². The number of hydroxylamine groups is 2. The van der Waals surface area contributed by atoms with E-state index in [0.29, 0.717) is 17.4 Å². The van der Waals surface area contributed by atoms with Crippen molar-refractivity contribution in [2.75, 3.05) is 25.5 Å². The van der Waals surface area contributed by atoms with Crippen LogP contribution in [-0.2, 0) is 42.6 Å². The van der Waals surface area contributed by atoms with E-state index in [2.05, 4.69) is 24.8 Å². The van der Waals surface area contributed by atoms with Crippen molar-refractivity contribution >= 4 is 44.4 Å². The Balaban J connectivity index is 1.33. The van der Waals surface area contributed by atoms with Crippen molar-refractivity contribution < 1.29 is 41.1 Å². The van der Waals surface area contributed by atoms with Crippen LogP contribution in [0.1, 0.15) is 38.1 Å². The molecule has 3 heterocycles. The molecule has 6 N–H and O–H groups in total. The van der Waals surface area contributed by atoms with Gasteiger partial charge in [0.15, 0.2) is 24.5 Å². The SMILES string of the molecule is C[n+]1nc(CCCCN)ccc1-c1ccc(OCCO/N=C(\C(=O)N[C@@H]2C(=O)N(OS(=O)(=O)O)C2(C)C)c2csc(N)n2)cc1. The topological polar surface area (TPSA) is 226 Å². The number of nitrogens with zero attached hydrogens (tertiary/aromatic N) is 5. The van der Waals surface area contributed by atoms with Gasteiger partial charge in [0.25, 0.3) is 11.8 Å². The molecule has 1 aliphatic heterocycles. The first-order valence-electron chi connectivity index (χ1n) is 13.8. The van der Waals surface area contributed by atoms with Crippen LogP contribution in [0.15, 0.2) is 46.9 Å². The molecule has 0 radical (unpaired) electrons. The lowest BCUT2D eigenvalue weighted by Gasteiger charge is -2.50. The number of nitrogens with one attached hydrogen (secondary N) is 1. The predicted molar refractivity (Wildman–Crippen MR) is 163 cm³/mol. The third-order valence-electron chi connectivity index (χ3n) is 6.80. The molecule has 45 heavy (non-hydrogen) atoms. The standard InChI is InChI=1S/C27H34N8O8S2/c1-27(2)23(25(37)35(27)43-45(38,39)40)31-24(36)22(20-16-44-26(29)30-20)33-42-15-14-41-19-10-7-17(8-11-19)21-12-9-18(32-34(21)3)6-4-5-13-28/h7-12,16,23H,4-6,13-15,28H2,1-3H3,(H3-,29,30,31,36,38,39,40)/p+1/b33-22-/t23-/m1/s1. The number of aryl methyl sites for hydroxylation is 2. The highest BCUT2D eigenvalue weighted by Crippen LogP contribution is 2.33. The Kier molecular flexibility index (Phi) is 10.7. The van der Waals surface area contributed by atoms with Crippen molar-refractivity contribution in [3.8, 4) is 17.0 Å². The summed E-state index contributed by atoms with van der Waals surface area (Å²) in [7, 11) is -3.05. The minimum atomic E-state index is -4.95. The molecule has 2 amide bonds. The lowest BCUT2D eigenvalue weighted by atomic mass is 9.84. The summed E-state index contributed by atoms with van der Waals surface area (Å²) in [6, 6.07) is 10.3. The molecule has 1 aromatic carbocycles. The van der Waals surface area contributed by atoms with E-state index >= 15 is 0 Å². The van der Waals surface area contributed by atoms with Gasteiger partial charge < -0.3 is 26.4 Å². The zero-order valence-electron chi connectivity index (χ0n) is 24.9. The number of unbranched alkanes of at least 4 members (excludes halogenated alkanes) is 1. The average molecular weight is 664 g/mol. The zero-order chi connectivity index (χ0) is 32.8. The zero-order valence-corrected chi connectivity index (χ0v) is 26.5. The molecule has 3 aromatic rings. The molecular formula is C27H35N8O8S2+. The van der Waals surface area contributed by atoms with Gasteiger partial charge in [-0.3, -0.25) is 14.1 Å². The summed E-state index contributed by atoms with van der Waals surface area (Å²) in [5.41, 5.74) is 12.7. The number of nitrogens with two attached hydrogens (primary N) is 2. The highest BCUT2D eigenvalue weighted by Gasteiger charge is 2.58. The Bertz CT molecular complexity index is 1660. The number of anilines is 1. The van der Waals surface area contributed by atoms with E-state index in [-0.39, 0.29) is 29.8 Å². The number of hydrogen-bond acceptors (Lipinski definition) is 13. The molecule has 18 heteroatoms. The van der Waals surface area contributed by atoms with Crippen molar-refractivity contribution in [2.24, 2.45) is 17.9 Å². The van der Waals surface area contributed by atoms with E-state index < -0.39 is 33.8 Å². The first kappa shape index (κ1) is 33.7. The highest BCUT2D eigenvalue weighted by molar-refractivity contribution is 7.80. The Morgan fingerprint density at radius 3 is 2.53 bits per heavy atom. The van der Waals surface area contributed by atoms with E-state index in [1.807, 2.05) is 48.1 Å². The monoisotopic (exact) mass is 663 g/mol. The van der Waals surface area contributed by atoms with Crippen LogP contribution in [-0.4, -0.2) is 77.0 Å². The number of rotatable bonds is 15. The number of β-lactam (4-membered cyclic amide) rings is 1. The number of benzene rings is 1. The molecule has 2 aromatic heterocycles. The molecule has 1 atom stereocenters. The Labute approximate surface area is 263 Å². The van der Waals surface area contributed by atoms with Gasteiger partial charge in [-0.1, -0.05) is 9.84 Å². The first-order valence-corrected chi connectivity index (χ1v) is 16.1. The van der Waals surface area contributed by atoms with Crippen molar-refractivity contribution in [1.29, 1.82) is 0 Å². The number of hydrogen-bond donors (Lipinski definition) is 4. The lowest BCUT2D eigenvalue weighted by molar-refractivity contribution is -0.721. The average Bonchev–Trinajstić information content (AvgIpc) is 3.42. The second kappa shape index (κ2) is 14.2. The van der Waals surface area contributed by atoms with E-state index in [4.69, 9.17) is 25.6 Å². The van der Waals surface area contributed by atoms with Gasteiger partial charge in [-0.15, -0.1) is 15.6 Å². The smallest absolute Gasteiger partial charge is 0.418 e. The maximum Gasteiger partial charge on any atom is 0.418 e. The molecule has 0 saturated carbocycles. The predicted octanol–water partition coefficient (Wildman–Crippen LogP) is 0.533. The Morgan fingerprint density at radius 2 is 1.93 bits per heavy atom. The minimum Gasteiger partial charge on any atom is -0.490 e. The number of nitrogen functional groups attached to an aromatic ring is 1. The van der Waals surface area contributed by atoms with Gasteiger partial charge in [0.05, 0.1) is 5.54 Å². The molecule has 0 spiro atoms. The molecule has 16 nitrogen and oxygen atoms in total. The van der Waals surface area contributed by atoms with E-state index in [0.717, 1.165) is 47.6 Å². The fraction of sp³-hybridized carbons (Fsp3) is 0.407. The molecule has 242 valence electrons. The largest absolute Gasteiger partial charge is 0.490 e. The van der Waals surface area contributed by atoms with Crippen LogP contribution >= 0.6 is 11.3 Å². The summed E-state index contributed by atoms with van der Waals surface area (Å²) in [6.07, 6.45) is 2.83. The normalized spacial score (nSPS) is 16.3. The number of thiazole rings is 1.